The van der Waals surface area contributed by atoms with E-state index in [0.717, 1.165) is 5.69 Å². The third-order valence-corrected chi connectivity index (χ3v) is 0.877. The molecule has 1 aromatic rings. The molecule has 9 heavy (non-hydrogen) atoms. The second-order valence-corrected chi connectivity index (χ2v) is 1.53. The zero-order chi connectivity index (χ0) is 6.53. The van der Waals surface area contributed by atoms with Gasteiger partial charge in [-0.05, 0) is 0 Å². The first-order valence-corrected chi connectivity index (χ1v) is 2.55. The Hall–Kier alpha value is -1.00. The van der Waals surface area contributed by atoms with Crippen molar-refractivity contribution in [3.05, 3.63) is 24.3 Å². The quantitative estimate of drug-likeness (QED) is 0.544. The lowest BCUT2D eigenvalue weighted by atomic mass is 10.5. The largest absolute Gasteiger partial charge is 0.316 e. The van der Waals surface area contributed by atoms with Crippen LogP contribution in [0.15, 0.2) is 18.6 Å². The van der Waals surface area contributed by atoms with Gasteiger partial charge in [-0.2, -0.15) is 5.48 Å². The van der Waals surface area contributed by atoms with Gasteiger partial charge in [0.2, 0.25) is 0 Å². The Morgan fingerprint density at radius 2 is 2.44 bits per heavy atom. The number of nitrogens with zero attached hydrogens (tertiary/aromatic N) is 2. The van der Waals surface area contributed by atoms with Gasteiger partial charge in [-0.25, -0.2) is 0 Å². The van der Waals surface area contributed by atoms with Gasteiger partial charge in [0.05, 0.1) is 12.2 Å². The Morgan fingerprint density at radius 1 is 1.56 bits per heavy atom. The first-order chi connectivity index (χ1) is 4.43. The number of nitrogens with one attached hydrogen (secondary N) is 1. The molecule has 2 N–H and O–H groups in total. The van der Waals surface area contributed by atoms with Gasteiger partial charge >= 0.3 is 0 Å². The molecule has 4 nitrogen and oxygen atoms in total. The molecule has 0 aliphatic rings. The minimum absolute atomic E-state index is 0.341. The molecule has 0 radical (unpaired) electrons. The minimum atomic E-state index is 0.341. The highest BCUT2D eigenvalue weighted by molar-refractivity contribution is 4.92. The molecule has 0 saturated heterocycles. The highest BCUT2D eigenvalue weighted by Gasteiger charge is 1.87. The lowest BCUT2D eigenvalue weighted by molar-refractivity contribution is 0.160. The van der Waals surface area contributed by atoms with Crippen LogP contribution >= 0.6 is 0 Å². The van der Waals surface area contributed by atoms with E-state index in [1.165, 1.54) is 0 Å². The predicted molar refractivity (Wildman–Crippen MR) is 30.7 cm³/mol. The minimum Gasteiger partial charge on any atom is -0.316 e. The molecule has 0 aromatic carbocycles. The Kier molecular flexibility index (Phi) is 2.12. The van der Waals surface area contributed by atoms with Gasteiger partial charge in [0.1, 0.15) is 0 Å². The van der Waals surface area contributed by atoms with Crippen molar-refractivity contribution in [1.29, 1.82) is 0 Å². The average Bonchev–Trinajstić information content (AvgIpc) is 1.91. The van der Waals surface area contributed by atoms with E-state index in [4.69, 9.17) is 5.21 Å². The lowest BCUT2D eigenvalue weighted by Crippen LogP contribution is -2.07. The maximum atomic E-state index is 8.20. The van der Waals surface area contributed by atoms with Crippen LogP contribution in [0.2, 0.25) is 0 Å². The van der Waals surface area contributed by atoms with Crippen molar-refractivity contribution in [2.75, 3.05) is 0 Å². The van der Waals surface area contributed by atoms with E-state index >= 15 is 0 Å². The van der Waals surface area contributed by atoms with Gasteiger partial charge in [0.15, 0.2) is 0 Å². The van der Waals surface area contributed by atoms with Gasteiger partial charge < -0.3 is 5.21 Å². The van der Waals surface area contributed by atoms with Crippen molar-refractivity contribution < 1.29 is 5.21 Å². The van der Waals surface area contributed by atoms with Crippen LogP contribution in [-0.4, -0.2) is 15.2 Å². The lowest BCUT2D eigenvalue weighted by Gasteiger charge is -1.93. The van der Waals surface area contributed by atoms with E-state index in [9.17, 15) is 0 Å². The van der Waals surface area contributed by atoms with E-state index in [0.29, 0.717) is 6.54 Å². The smallest absolute Gasteiger partial charge is 0.0748 e. The Morgan fingerprint density at radius 3 is 3.00 bits per heavy atom. The molecule has 0 atom stereocenters. The molecule has 1 heterocycles. The summed E-state index contributed by atoms with van der Waals surface area (Å²) in [5, 5.41) is 8.20. The second kappa shape index (κ2) is 3.11. The Labute approximate surface area is 52.5 Å². The van der Waals surface area contributed by atoms with Crippen LogP contribution in [0.4, 0.5) is 0 Å². The summed E-state index contributed by atoms with van der Waals surface area (Å²) in [6, 6.07) is 0. The van der Waals surface area contributed by atoms with Crippen molar-refractivity contribution in [2.45, 2.75) is 6.54 Å². The van der Waals surface area contributed by atoms with E-state index in [2.05, 4.69) is 9.97 Å². The summed E-state index contributed by atoms with van der Waals surface area (Å²) < 4.78 is 0. The number of hydrogen-bond acceptors (Lipinski definition) is 4. The van der Waals surface area contributed by atoms with E-state index in [-0.39, 0.29) is 0 Å². The number of aromatic nitrogens is 2. The molecule has 0 aliphatic heterocycles. The zero-order valence-corrected chi connectivity index (χ0v) is 4.78. The highest BCUT2D eigenvalue weighted by atomic mass is 16.5. The molecule has 0 amide bonds. The maximum absolute atomic E-state index is 8.20. The molecule has 0 bridgehead atoms. The van der Waals surface area contributed by atoms with E-state index in [1.807, 2.05) is 5.48 Å². The summed E-state index contributed by atoms with van der Waals surface area (Å²) in [7, 11) is 0. The molecule has 0 aliphatic carbocycles. The SMILES string of the molecule is ONCc1cnccn1. The van der Waals surface area contributed by atoms with Crippen LogP contribution in [0, 0.1) is 0 Å². The molecule has 1 rings (SSSR count). The fraction of sp³-hybridized carbons (Fsp3) is 0.200. The third-order valence-electron chi connectivity index (χ3n) is 0.877. The summed E-state index contributed by atoms with van der Waals surface area (Å²) >= 11 is 0. The van der Waals surface area contributed by atoms with Crippen molar-refractivity contribution in [3.8, 4) is 0 Å². The van der Waals surface area contributed by atoms with Crippen LogP contribution in [-0.2, 0) is 6.54 Å². The number of rotatable bonds is 2. The summed E-state index contributed by atoms with van der Waals surface area (Å²) in [6.07, 6.45) is 4.75. The Balaban J connectivity index is 2.61. The molecule has 0 spiro atoms. The van der Waals surface area contributed by atoms with Gasteiger partial charge in [-0.15, -0.1) is 0 Å². The fourth-order valence-electron chi connectivity index (χ4n) is 0.502. The molecular weight excluding hydrogens is 118 g/mol. The van der Waals surface area contributed by atoms with E-state index < -0.39 is 0 Å². The van der Waals surface area contributed by atoms with Crippen molar-refractivity contribution in [2.24, 2.45) is 0 Å². The van der Waals surface area contributed by atoms with Gasteiger partial charge in [-0.3, -0.25) is 9.97 Å². The third kappa shape index (κ3) is 1.75. The summed E-state index contributed by atoms with van der Waals surface area (Å²) in [6.45, 7) is 0.341. The van der Waals surface area contributed by atoms with Crippen LogP contribution in [0.1, 0.15) is 5.69 Å². The molecular formula is C5H7N3O. The topological polar surface area (TPSA) is 58.0 Å². The maximum Gasteiger partial charge on any atom is 0.0748 e. The summed E-state index contributed by atoms with van der Waals surface area (Å²) in [5.74, 6) is 0. The molecule has 48 valence electrons. The fourth-order valence-corrected chi connectivity index (χ4v) is 0.502. The number of hydrogen-bond donors (Lipinski definition) is 2. The average molecular weight is 125 g/mol. The van der Waals surface area contributed by atoms with Crippen molar-refractivity contribution >= 4 is 0 Å². The van der Waals surface area contributed by atoms with Gasteiger partial charge in [0, 0.05) is 18.6 Å². The first kappa shape index (κ1) is 6.12. The van der Waals surface area contributed by atoms with Crippen LogP contribution in [0.25, 0.3) is 0 Å². The van der Waals surface area contributed by atoms with Crippen molar-refractivity contribution in [3.63, 3.8) is 0 Å². The first-order valence-electron chi connectivity index (χ1n) is 2.55. The van der Waals surface area contributed by atoms with Crippen LogP contribution < -0.4 is 5.48 Å². The van der Waals surface area contributed by atoms with Gasteiger partial charge in [-0.1, -0.05) is 0 Å². The second-order valence-electron chi connectivity index (χ2n) is 1.53. The highest BCUT2D eigenvalue weighted by Crippen LogP contribution is 1.85. The molecule has 4 heteroatoms. The predicted octanol–water partition coefficient (Wildman–Crippen LogP) is -0.0446. The molecule has 0 fully saturated rings. The summed E-state index contributed by atoms with van der Waals surface area (Å²) in [4.78, 5) is 7.67. The summed E-state index contributed by atoms with van der Waals surface area (Å²) in [5.41, 5.74) is 2.70. The number of hydroxylamine groups is 1. The standard InChI is InChI=1S/C5H7N3O/c9-8-4-5-3-6-1-2-7-5/h1-3,8-9H,4H2. The normalized spacial score (nSPS) is 9.44. The van der Waals surface area contributed by atoms with Crippen LogP contribution in [0.5, 0.6) is 0 Å². The molecule has 0 saturated carbocycles. The van der Waals surface area contributed by atoms with Crippen LogP contribution in [0.3, 0.4) is 0 Å². The molecule has 1 aromatic heterocycles. The van der Waals surface area contributed by atoms with E-state index in [1.54, 1.807) is 18.6 Å². The van der Waals surface area contributed by atoms with Gasteiger partial charge in [0.25, 0.3) is 0 Å². The Bertz CT molecular complexity index is 165. The zero-order valence-electron chi connectivity index (χ0n) is 4.78. The monoisotopic (exact) mass is 125 g/mol. The van der Waals surface area contributed by atoms with Crippen molar-refractivity contribution in [1.82, 2.24) is 15.4 Å². The molecule has 0 unspecified atom stereocenters.